The number of hydrogen-bond donors (Lipinski definition) is 1. The Bertz CT molecular complexity index is 851. The number of carbonyl (C=O) groups is 1. The van der Waals surface area contributed by atoms with E-state index in [-0.39, 0.29) is 17.6 Å². The summed E-state index contributed by atoms with van der Waals surface area (Å²) >= 11 is 0. The number of likely N-dealkylation sites (tertiary alicyclic amines) is 1. The number of hydrogen-bond acceptors (Lipinski definition) is 4. The van der Waals surface area contributed by atoms with E-state index in [9.17, 15) is 9.90 Å². The molecule has 3 aliphatic heterocycles. The smallest absolute Gasteiger partial charge is 0.227 e. The van der Waals surface area contributed by atoms with Crippen LogP contribution in [0.15, 0.2) is 60.7 Å². The van der Waals surface area contributed by atoms with Gasteiger partial charge in [-0.3, -0.25) is 14.6 Å². The number of aliphatic hydroxyl groups is 1. The molecule has 0 aliphatic carbocycles. The SMILES string of the molecule is O=C(Cc1ccccc1)N1CC2(CN(Cc3ccccc3)C[C@@H]3C[C@@H](O)CN32)C1. The fourth-order valence-electron chi connectivity index (χ4n) is 5.48. The zero-order valence-electron chi connectivity index (χ0n) is 16.8. The Morgan fingerprint density at radius 1 is 0.931 bits per heavy atom. The molecule has 1 spiro atoms. The molecule has 3 saturated heterocycles. The zero-order valence-corrected chi connectivity index (χ0v) is 16.8. The Kier molecular flexibility index (Phi) is 4.90. The highest BCUT2D eigenvalue weighted by atomic mass is 16.3. The van der Waals surface area contributed by atoms with Crippen LogP contribution in [0, 0.1) is 0 Å². The van der Waals surface area contributed by atoms with Gasteiger partial charge in [0.15, 0.2) is 0 Å². The Hall–Kier alpha value is -2.21. The number of piperazine rings is 1. The molecule has 2 aromatic carbocycles. The maximum atomic E-state index is 12.8. The molecule has 0 bridgehead atoms. The van der Waals surface area contributed by atoms with Crippen LogP contribution in [0.2, 0.25) is 0 Å². The van der Waals surface area contributed by atoms with Gasteiger partial charge in [0.1, 0.15) is 0 Å². The highest BCUT2D eigenvalue weighted by Gasteiger charge is 2.56. The van der Waals surface area contributed by atoms with Crippen LogP contribution in [0.25, 0.3) is 0 Å². The van der Waals surface area contributed by atoms with Gasteiger partial charge in [-0.1, -0.05) is 60.7 Å². The van der Waals surface area contributed by atoms with Gasteiger partial charge in [-0.2, -0.15) is 0 Å². The quantitative estimate of drug-likeness (QED) is 0.863. The maximum absolute atomic E-state index is 12.8. The van der Waals surface area contributed by atoms with Crippen LogP contribution in [0.5, 0.6) is 0 Å². The van der Waals surface area contributed by atoms with Crippen LogP contribution in [0.3, 0.4) is 0 Å². The maximum Gasteiger partial charge on any atom is 0.227 e. The molecule has 0 saturated carbocycles. The van der Waals surface area contributed by atoms with Gasteiger partial charge in [0.2, 0.25) is 5.91 Å². The predicted octanol–water partition coefficient (Wildman–Crippen LogP) is 1.76. The lowest BCUT2D eigenvalue weighted by atomic mass is 9.83. The van der Waals surface area contributed by atoms with E-state index in [1.165, 1.54) is 5.56 Å². The molecular weight excluding hydrogens is 362 g/mol. The highest BCUT2D eigenvalue weighted by molar-refractivity contribution is 5.80. The molecule has 2 atom stereocenters. The summed E-state index contributed by atoms with van der Waals surface area (Å²) in [7, 11) is 0. The van der Waals surface area contributed by atoms with Crippen molar-refractivity contribution in [1.29, 1.82) is 0 Å². The summed E-state index contributed by atoms with van der Waals surface area (Å²) in [5, 5.41) is 10.3. The molecule has 0 unspecified atom stereocenters. The molecule has 3 heterocycles. The van der Waals surface area contributed by atoms with Crippen molar-refractivity contribution < 1.29 is 9.90 Å². The van der Waals surface area contributed by atoms with E-state index in [2.05, 4.69) is 40.1 Å². The predicted molar refractivity (Wildman–Crippen MR) is 112 cm³/mol. The number of fused-ring (bicyclic) bond motifs is 2. The summed E-state index contributed by atoms with van der Waals surface area (Å²) in [6.45, 7) is 5.16. The van der Waals surface area contributed by atoms with Gasteiger partial charge in [-0.15, -0.1) is 0 Å². The molecular formula is C24H29N3O2. The minimum Gasteiger partial charge on any atom is -0.392 e. The summed E-state index contributed by atoms with van der Waals surface area (Å²) in [6, 6.07) is 21.0. The van der Waals surface area contributed by atoms with Crippen LogP contribution in [-0.2, 0) is 17.8 Å². The second-order valence-corrected chi connectivity index (χ2v) is 8.99. The second kappa shape index (κ2) is 7.56. The van der Waals surface area contributed by atoms with Gasteiger partial charge in [0.05, 0.1) is 18.1 Å². The van der Waals surface area contributed by atoms with Crippen molar-refractivity contribution in [1.82, 2.24) is 14.7 Å². The fourth-order valence-corrected chi connectivity index (χ4v) is 5.48. The van der Waals surface area contributed by atoms with Gasteiger partial charge >= 0.3 is 0 Å². The first-order valence-corrected chi connectivity index (χ1v) is 10.6. The lowest BCUT2D eigenvalue weighted by Crippen LogP contribution is -2.78. The lowest BCUT2D eigenvalue weighted by molar-refractivity contribution is -0.156. The first-order valence-electron chi connectivity index (χ1n) is 10.6. The van der Waals surface area contributed by atoms with Crippen molar-refractivity contribution in [3.63, 3.8) is 0 Å². The number of carbonyl (C=O) groups excluding carboxylic acids is 1. The van der Waals surface area contributed by atoms with Gasteiger partial charge in [-0.25, -0.2) is 0 Å². The molecule has 3 fully saturated rings. The standard InChI is InChI=1S/C24H29N3O2/c28-22-12-21-14-25(13-20-9-5-2-6-10-20)16-24(27(21)15-22)17-26(18-24)23(29)11-19-7-3-1-4-8-19/h1-10,21-22,28H,11-18H2/t21-,22+/m0/s1. The molecule has 5 rings (SSSR count). The van der Waals surface area contributed by atoms with Crippen LogP contribution in [0.4, 0.5) is 0 Å². The van der Waals surface area contributed by atoms with Gasteiger partial charge in [0, 0.05) is 45.3 Å². The van der Waals surface area contributed by atoms with E-state index < -0.39 is 0 Å². The van der Waals surface area contributed by atoms with E-state index in [1.807, 2.05) is 35.2 Å². The van der Waals surface area contributed by atoms with Crippen molar-refractivity contribution in [2.24, 2.45) is 0 Å². The number of β-amino-alcohol motifs (C(OH)–C–C–N with tert-alkyl or cyclic N) is 1. The number of rotatable bonds is 4. The van der Waals surface area contributed by atoms with E-state index in [0.29, 0.717) is 12.5 Å². The van der Waals surface area contributed by atoms with Crippen molar-refractivity contribution in [2.75, 3.05) is 32.7 Å². The number of amides is 1. The minimum atomic E-state index is -0.248. The van der Waals surface area contributed by atoms with Crippen LogP contribution >= 0.6 is 0 Å². The molecule has 1 N–H and O–H groups in total. The first-order chi connectivity index (χ1) is 14.1. The summed E-state index contributed by atoms with van der Waals surface area (Å²) in [5.74, 6) is 0.207. The van der Waals surface area contributed by atoms with Crippen molar-refractivity contribution in [3.05, 3.63) is 71.8 Å². The van der Waals surface area contributed by atoms with E-state index in [0.717, 1.165) is 51.3 Å². The lowest BCUT2D eigenvalue weighted by Gasteiger charge is -2.61. The van der Waals surface area contributed by atoms with E-state index >= 15 is 0 Å². The van der Waals surface area contributed by atoms with Crippen molar-refractivity contribution >= 4 is 5.91 Å². The Labute approximate surface area is 172 Å². The molecule has 0 aromatic heterocycles. The van der Waals surface area contributed by atoms with Crippen LogP contribution in [0.1, 0.15) is 17.5 Å². The van der Waals surface area contributed by atoms with Gasteiger partial charge < -0.3 is 10.0 Å². The minimum absolute atomic E-state index is 0.0124. The van der Waals surface area contributed by atoms with Crippen molar-refractivity contribution in [3.8, 4) is 0 Å². The average Bonchev–Trinajstić information content (AvgIpc) is 3.07. The van der Waals surface area contributed by atoms with Crippen LogP contribution < -0.4 is 0 Å². The number of nitrogens with zero attached hydrogens (tertiary/aromatic N) is 3. The van der Waals surface area contributed by atoms with Crippen molar-refractivity contribution in [2.45, 2.75) is 37.1 Å². The molecule has 152 valence electrons. The van der Waals surface area contributed by atoms with E-state index in [1.54, 1.807) is 0 Å². The number of benzene rings is 2. The summed E-state index contributed by atoms with van der Waals surface area (Å²) in [5.41, 5.74) is 2.38. The molecule has 5 nitrogen and oxygen atoms in total. The molecule has 29 heavy (non-hydrogen) atoms. The molecule has 3 aliphatic rings. The molecule has 5 heteroatoms. The van der Waals surface area contributed by atoms with E-state index in [4.69, 9.17) is 0 Å². The Morgan fingerprint density at radius 2 is 1.59 bits per heavy atom. The van der Waals surface area contributed by atoms with Gasteiger partial charge in [-0.05, 0) is 17.5 Å². The molecule has 1 amide bonds. The zero-order chi connectivity index (χ0) is 19.8. The summed E-state index contributed by atoms with van der Waals surface area (Å²) in [6.07, 6.45) is 1.06. The number of aliphatic hydroxyl groups excluding tert-OH is 1. The summed E-state index contributed by atoms with van der Waals surface area (Å²) in [4.78, 5) is 19.8. The largest absolute Gasteiger partial charge is 0.392 e. The fraction of sp³-hybridized carbons (Fsp3) is 0.458. The molecule has 0 radical (unpaired) electrons. The third-order valence-corrected chi connectivity index (χ3v) is 6.76. The topological polar surface area (TPSA) is 47.0 Å². The summed E-state index contributed by atoms with van der Waals surface area (Å²) < 4.78 is 0. The van der Waals surface area contributed by atoms with Crippen LogP contribution in [-0.4, -0.2) is 76.1 Å². The highest BCUT2D eigenvalue weighted by Crippen LogP contribution is 2.39. The third kappa shape index (κ3) is 3.70. The normalized spacial score (nSPS) is 26.3. The second-order valence-electron chi connectivity index (χ2n) is 8.99. The molecule has 2 aromatic rings. The Balaban J connectivity index is 1.28. The Morgan fingerprint density at radius 3 is 2.28 bits per heavy atom. The monoisotopic (exact) mass is 391 g/mol. The van der Waals surface area contributed by atoms with Gasteiger partial charge in [0.25, 0.3) is 0 Å². The first kappa shape index (κ1) is 18.8. The average molecular weight is 392 g/mol. The third-order valence-electron chi connectivity index (χ3n) is 6.76.